The van der Waals surface area contributed by atoms with E-state index in [9.17, 15) is 19.8 Å². The zero-order valence-electron chi connectivity index (χ0n) is 23.9. The number of ether oxygens (including phenoxy) is 2. The Bertz CT molecular complexity index is 1270. The number of benzene rings is 1. The molecule has 2 aliphatic rings. The fourth-order valence-electron chi connectivity index (χ4n) is 5.83. The number of nitrogens with two attached hydrogens (primary N) is 1. The van der Waals surface area contributed by atoms with Gasteiger partial charge < -0.3 is 25.4 Å². The predicted molar refractivity (Wildman–Crippen MR) is 154 cm³/mol. The number of aliphatic hydroxyl groups excluding tert-OH is 2. The Kier molecular flexibility index (Phi) is 9.38. The highest BCUT2D eigenvalue weighted by Crippen LogP contribution is 2.47. The number of terminal acetylenes is 1. The molecule has 4 rings (SSSR count). The molecule has 7 atom stereocenters. The van der Waals surface area contributed by atoms with Crippen LogP contribution in [0.5, 0.6) is 0 Å². The highest BCUT2D eigenvalue weighted by atomic mass is 32.1. The number of carbonyl (C=O) groups is 2. The number of carbonyl (C=O) groups excluding carboxylic acids is 2. The molecule has 4 N–H and O–H groups in total. The molecule has 0 radical (unpaired) electrons. The Morgan fingerprint density at radius 2 is 2.00 bits per heavy atom. The molecule has 2 fully saturated rings. The summed E-state index contributed by atoms with van der Waals surface area (Å²) in [6.45, 7) is 7.58. The number of hydrogen-bond acceptors (Lipinski definition) is 9. The van der Waals surface area contributed by atoms with Crippen molar-refractivity contribution in [3.05, 3.63) is 28.8 Å². The highest BCUT2D eigenvalue weighted by molar-refractivity contribution is 7.18. The number of thiazole rings is 1. The number of fused-ring (bicyclic) bond motifs is 2. The van der Waals surface area contributed by atoms with Crippen LogP contribution in [0.2, 0.25) is 0 Å². The first-order valence-corrected chi connectivity index (χ1v) is 15.0. The minimum absolute atomic E-state index is 0.101. The quantitative estimate of drug-likeness (QED) is 0.279. The molecule has 0 amide bonds. The fraction of sp³-hybridized carbons (Fsp3) is 0.645. The van der Waals surface area contributed by atoms with Crippen LogP contribution in [0.15, 0.2) is 18.2 Å². The molecule has 2 saturated heterocycles. The van der Waals surface area contributed by atoms with E-state index in [1.54, 1.807) is 13.8 Å². The summed E-state index contributed by atoms with van der Waals surface area (Å²) in [6, 6.07) is 5.81. The van der Waals surface area contributed by atoms with Crippen LogP contribution in [0, 0.1) is 29.6 Å². The number of esters is 1. The topological polar surface area (TPSA) is 135 Å². The first-order valence-electron chi connectivity index (χ1n) is 14.2. The molecule has 1 aromatic heterocycles. The van der Waals surface area contributed by atoms with Gasteiger partial charge in [0.25, 0.3) is 0 Å². The van der Waals surface area contributed by atoms with Crippen LogP contribution < -0.4 is 5.73 Å². The van der Waals surface area contributed by atoms with E-state index in [4.69, 9.17) is 21.6 Å². The number of rotatable bonds is 4. The van der Waals surface area contributed by atoms with Gasteiger partial charge in [-0.1, -0.05) is 33.3 Å². The smallest absolute Gasteiger partial charge is 0.309 e. The third kappa shape index (κ3) is 6.58. The number of aromatic nitrogens is 1. The summed E-state index contributed by atoms with van der Waals surface area (Å²) in [4.78, 5) is 31.5. The van der Waals surface area contributed by atoms with Gasteiger partial charge in [-0.2, -0.15) is 0 Å². The van der Waals surface area contributed by atoms with Gasteiger partial charge in [0, 0.05) is 25.3 Å². The van der Waals surface area contributed by atoms with E-state index < -0.39 is 35.6 Å². The number of ketones is 1. The molecule has 3 heterocycles. The van der Waals surface area contributed by atoms with E-state index in [1.807, 2.05) is 25.1 Å². The number of nitrogens with zero attached hydrogens (tertiary/aromatic N) is 1. The molecule has 40 heavy (non-hydrogen) atoms. The molecule has 0 spiro atoms. The van der Waals surface area contributed by atoms with Crippen molar-refractivity contribution in [1.29, 1.82) is 0 Å². The van der Waals surface area contributed by atoms with Crippen LogP contribution in [-0.2, 0) is 25.6 Å². The Balaban J connectivity index is 1.63. The summed E-state index contributed by atoms with van der Waals surface area (Å²) in [5, 5.41) is 23.2. The lowest BCUT2D eigenvalue weighted by Gasteiger charge is -2.36. The van der Waals surface area contributed by atoms with Crippen LogP contribution in [0.25, 0.3) is 10.2 Å². The second-order valence-electron chi connectivity index (χ2n) is 12.2. The van der Waals surface area contributed by atoms with Crippen LogP contribution in [-0.4, -0.2) is 50.9 Å². The van der Waals surface area contributed by atoms with E-state index >= 15 is 0 Å². The molecule has 9 heteroatoms. The Labute approximate surface area is 240 Å². The first-order chi connectivity index (χ1) is 18.9. The summed E-state index contributed by atoms with van der Waals surface area (Å²) in [7, 11) is 0. The van der Waals surface area contributed by atoms with Gasteiger partial charge in [0.15, 0.2) is 0 Å². The lowest BCUT2D eigenvalue weighted by molar-refractivity contribution is -0.156. The molecule has 2 aliphatic heterocycles. The Hall–Kier alpha value is -2.35. The van der Waals surface area contributed by atoms with E-state index in [2.05, 4.69) is 17.8 Å². The van der Waals surface area contributed by atoms with Gasteiger partial charge in [0.05, 0.1) is 46.0 Å². The number of Topliss-reactive ketones (excluding diaryl/α,β-unsaturated/α-hetero) is 1. The summed E-state index contributed by atoms with van der Waals surface area (Å²) in [5.74, 6) is 0.772. The molecular weight excluding hydrogens is 528 g/mol. The molecule has 8 nitrogen and oxygen atoms in total. The summed E-state index contributed by atoms with van der Waals surface area (Å²) in [5.41, 5.74) is 5.72. The average molecular weight is 571 g/mol. The predicted octanol–water partition coefficient (Wildman–Crippen LogP) is 4.44. The molecule has 1 aromatic carbocycles. The van der Waals surface area contributed by atoms with Crippen LogP contribution >= 0.6 is 11.3 Å². The molecule has 2 aromatic rings. The molecule has 0 bridgehead atoms. The van der Waals surface area contributed by atoms with Gasteiger partial charge in [0.1, 0.15) is 16.9 Å². The largest absolute Gasteiger partial charge is 0.457 e. The fourth-order valence-corrected chi connectivity index (χ4v) is 6.66. The molecule has 218 valence electrons. The summed E-state index contributed by atoms with van der Waals surface area (Å²) in [6.07, 6.45) is 5.65. The Morgan fingerprint density at radius 1 is 1.25 bits per heavy atom. The van der Waals surface area contributed by atoms with Gasteiger partial charge in [-0.15, -0.1) is 23.7 Å². The van der Waals surface area contributed by atoms with E-state index in [-0.39, 0.29) is 29.8 Å². The van der Waals surface area contributed by atoms with E-state index in [0.717, 1.165) is 40.1 Å². The number of aliphatic hydroxyl groups is 2. The van der Waals surface area contributed by atoms with Crippen LogP contribution in [0.4, 0.5) is 0 Å². The zero-order chi connectivity index (χ0) is 29.2. The van der Waals surface area contributed by atoms with Crippen LogP contribution in [0.3, 0.4) is 0 Å². The maximum Gasteiger partial charge on any atom is 0.309 e. The maximum atomic E-state index is 13.7. The van der Waals surface area contributed by atoms with Gasteiger partial charge in [-0.25, -0.2) is 4.98 Å². The number of hydrogen-bond donors (Lipinski definition) is 3. The maximum absolute atomic E-state index is 13.7. The number of cyclic esters (lactones) is 1. The monoisotopic (exact) mass is 570 g/mol. The van der Waals surface area contributed by atoms with Crippen LogP contribution in [0.1, 0.15) is 89.3 Å². The minimum atomic E-state index is -1.30. The third-order valence-corrected chi connectivity index (χ3v) is 9.89. The highest BCUT2D eigenvalue weighted by Gasteiger charge is 2.53. The van der Waals surface area contributed by atoms with Gasteiger partial charge in [0.2, 0.25) is 0 Å². The minimum Gasteiger partial charge on any atom is -0.457 e. The van der Waals surface area contributed by atoms with Crippen molar-refractivity contribution < 1.29 is 29.3 Å². The Morgan fingerprint density at radius 3 is 2.70 bits per heavy atom. The van der Waals surface area contributed by atoms with Crippen molar-refractivity contribution in [1.82, 2.24) is 4.98 Å². The van der Waals surface area contributed by atoms with E-state index in [0.29, 0.717) is 25.8 Å². The summed E-state index contributed by atoms with van der Waals surface area (Å²) >= 11 is 1.53. The average Bonchev–Trinajstić information content (AvgIpc) is 3.35. The lowest BCUT2D eigenvalue weighted by atomic mass is 9.71. The molecule has 0 saturated carbocycles. The van der Waals surface area contributed by atoms with Crippen molar-refractivity contribution in [2.75, 3.05) is 0 Å². The van der Waals surface area contributed by atoms with Crippen molar-refractivity contribution in [2.45, 2.75) is 109 Å². The lowest BCUT2D eigenvalue weighted by Crippen LogP contribution is -2.46. The van der Waals surface area contributed by atoms with Crippen molar-refractivity contribution >= 4 is 33.3 Å². The van der Waals surface area contributed by atoms with Crippen molar-refractivity contribution in [3.8, 4) is 12.3 Å². The second kappa shape index (κ2) is 12.3. The number of epoxide rings is 1. The van der Waals surface area contributed by atoms with Gasteiger partial charge in [-0.05, 0) is 49.8 Å². The molecular formula is C31H42N2O6S. The summed E-state index contributed by atoms with van der Waals surface area (Å²) < 4.78 is 13.1. The van der Waals surface area contributed by atoms with Gasteiger partial charge in [-0.3, -0.25) is 9.59 Å². The zero-order valence-corrected chi connectivity index (χ0v) is 24.7. The van der Waals surface area contributed by atoms with Crippen molar-refractivity contribution in [3.63, 3.8) is 0 Å². The third-order valence-electron chi connectivity index (χ3n) is 8.83. The normalized spacial score (nSPS) is 33.6. The molecule has 0 aliphatic carbocycles. The van der Waals surface area contributed by atoms with Crippen molar-refractivity contribution in [2.24, 2.45) is 23.0 Å². The first kappa shape index (κ1) is 30.6. The SMILES string of the molecule is C#CCC[C@H]1C(=O)C(C)(C)[C@@H](O)CC(=O)O[C@H](c2ccc3sc(CN)nc3c2)C[C@@H]2O[C@]2(C)CCC[C@H](C)C1O. The van der Waals surface area contributed by atoms with Gasteiger partial charge >= 0.3 is 5.97 Å². The van der Waals surface area contributed by atoms with E-state index in [1.165, 1.54) is 11.3 Å². The second-order valence-corrected chi connectivity index (χ2v) is 13.3. The standard InChI is InChI=1S/C31H42N2O6S/c1-6-7-10-20-28(36)18(2)9-8-13-31(5)25(39-31)15-22(38-27(35)16-24(34)30(3,4)29(20)37)19-11-12-23-21(14-19)33-26(17-32)40-23/h1,11-12,14,18,20,22,24-25,28,34,36H,7-10,13,15-17,32H2,2-5H3/t18-,20+,22-,24-,25-,28?,31+/m0/s1. The molecule has 1 unspecified atom stereocenters.